The Bertz CT molecular complexity index is 1140. The Morgan fingerprint density at radius 2 is 1.96 bits per heavy atom. The number of aromatic amines is 1. The summed E-state index contributed by atoms with van der Waals surface area (Å²) in [7, 11) is 0. The molecular formula is C17H11F3N4O. The number of fused-ring (bicyclic) bond motifs is 3. The van der Waals surface area contributed by atoms with Crippen molar-refractivity contribution in [1.29, 1.82) is 0 Å². The summed E-state index contributed by atoms with van der Waals surface area (Å²) in [6, 6.07) is 8.56. The van der Waals surface area contributed by atoms with Gasteiger partial charge in [-0.3, -0.25) is 9.48 Å². The molecule has 4 rings (SSSR count). The minimum atomic E-state index is -4.41. The summed E-state index contributed by atoms with van der Waals surface area (Å²) < 4.78 is 40.2. The average Bonchev–Trinajstić information content (AvgIpc) is 2.99. The van der Waals surface area contributed by atoms with Crippen LogP contribution in [0.25, 0.3) is 21.9 Å². The molecule has 1 aromatic carbocycles. The molecule has 1 N–H and O–H groups in total. The molecule has 5 nitrogen and oxygen atoms in total. The molecule has 4 aromatic rings. The monoisotopic (exact) mass is 344 g/mol. The van der Waals surface area contributed by atoms with E-state index in [1.54, 1.807) is 24.4 Å². The lowest BCUT2D eigenvalue weighted by atomic mass is 10.1. The van der Waals surface area contributed by atoms with Crippen molar-refractivity contribution in [3.05, 3.63) is 70.3 Å². The maximum Gasteiger partial charge on any atom is 0.416 e. The van der Waals surface area contributed by atoms with Crippen LogP contribution in [0, 0.1) is 0 Å². The molecule has 25 heavy (non-hydrogen) atoms. The number of hydrogen-bond acceptors (Lipinski definition) is 3. The quantitative estimate of drug-likeness (QED) is 0.607. The second-order valence-corrected chi connectivity index (χ2v) is 5.62. The molecule has 126 valence electrons. The van der Waals surface area contributed by atoms with E-state index in [1.807, 2.05) is 0 Å². The standard InChI is InChI=1S/C17H11F3N4O/c18-17(19,20)11-4-1-3-10(7-11)9-24-14-12-5-2-6-21-15(12)23-16(25)13(14)8-22-24/h1-8H,9H2,(H,21,23,25). The van der Waals surface area contributed by atoms with E-state index in [9.17, 15) is 18.0 Å². The van der Waals surface area contributed by atoms with Crippen LogP contribution in [0.15, 0.2) is 53.6 Å². The summed E-state index contributed by atoms with van der Waals surface area (Å²) in [6.07, 6.45) is -1.44. The number of H-pyrrole nitrogens is 1. The molecule has 0 fully saturated rings. The Hall–Kier alpha value is -3.16. The second-order valence-electron chi connectivity index (χ2n) is 5.62. The maximum absolute atomic E-state index is 12.9. The molecule has 8 heteroatoms. The Balaban J connectivity index is 1.87. The third kappa shape index (κ3) is 2.65. The summed E-state index contributed by atoms with van der Waals surface area (Å²) in [6.45, 7) is 0.112. The third-order valence-electron chi connectivity index (χ3n) is 3.97. The number of alkyl halides is 3. The van der Waals surface area contributed by atoms with E-state index in [0.29, 0.717) is 27.5 Å². The lowest BCUT2D eigenvalue weighted by Gasteiger charge is -2.10. The Morgan fingerprint density at radius 3 is 2.76 bits per heavy atom. The van der Waals surface area contributed by atoms with Crippen LogP contribution >= 0.6 is 0 Å². The van der Waals surface area contributed by atoms with Gasteiger partial charge in [0.15, 0.2) is 0 Å². The highest BCUT2D eigenvalue weighted by atomic mass is 19.4. The van der Waals surface area contributed by atoms with Gasteiger partial charge in [0, 0.05) is 11.6 Å². The normalized spacial score (nSPS) is 12.1. The van der Waals surface area contributed by atoms with Crippen molar-refractivity contribution in [3.8, 4) is 0 Å². The highest BCUT2D eigenvalue weighted by Gasteiger charge is 2.30. The molecule has 0 saturated carbocycles. The average molecular weight is 344 g/mol. The van der Waals surface area contributed by atoms with Gasteiger partial charge in [0.05, 0.1) is 29.2 Å². The number of benzene rings is 1. The van der Waals surface area contributed by atoms with Crippen LogP contribution in [0.2, 0.25) is 0 Å². The van der Waals surface area contributed by atoms with Gasteiger partial charge < -0.3 is 4.98 Å². The van der Waals surface area contributed by atoms with Gasteiger partial charge in [-0.05, 0) is 29.8 Å². The lowest BCUT2D eigenvalue weighted by molar-refractivity contribution is -0.137. The van der Waals surface area contributed by atoms with Gasteiger partial charge in [-0.2, -0.15) is 18.3 Å². The molecule has 3 heterocycles. The van der Waals surface area contributed by atoms with Gasteiger partial charge in [-0.15, -0.1) is 0 Å². The Morgan fingerprint density at radius 1 is 1.12 bits per heavy atom. The van der Waals surface area contributed by atoms with E-state index >= 15 is 0 Å². The van der Waals surface area contributed by atoms with Crippen molar-refractivity contribution < 1.29 is 13.2 Å². The third-order valence-corrected chi connectivity index (χ3v) is 3.97. The second kappa shape index (κ2) is 5.44. The number of nitrogens with zero attached hydrogens (tertiary/aromatic N) is 3. The molecule has 0 aliphatic heterocycles. The fraction of sp³-hybridized carbons (Fsp3) is 0.118. The van der Waals surface area contributed by atoms with Crippen LogP contribution in [0.5, 0.6) is 0 Å². The van der Waals surface area contributed by atoms with Crippen LogP contribution < -0.4 is 5.56 Å². The molecule has 0 aliphatic rings. The summed E-state index contributed by atoms with van der Waals surface area (Å²) in [4.78, 5) is 18.9. The summed E-state index contributed by atoms with van der Waals surface area (Å²) in [5, 5.41) is 5.23. The first kappa shape index (κ1) is 15.4. The lowest BCUT2D eigenvalue weighted by Crippen LogP contribution is -2.09. The van der Waals surface area contributed by atoms with E-state index in [1.165, 1.54) is 16.9 Å². The Kier molecular flexibility index (Phi) is 3.34. The summed E-state index contributed by atoms with van der Waals surface area (Å²) in [5.74, 6) is 0. The first-order valence-electron chi connectivity index (χ1n) is 7.42. The number of rotatable bonds is 2. The molecule has 0 bridgehead atoms. The molecule has 0 atom stereocenters. The van der Waals surface area contributed by atoms with Gasteiger partial charge in [0.25, 0.3) is 5.56 Å². The van der Waals surface area contributed by atoms with Crippen molar-refractivity contribution >= 4 is 21.9 Å². The van der Waals surface area contributed by atoms with Gasteiger partial charge in [-0.25, -0.2) is 4.98 Å². The fourth-order valence-corrected chi connectivity index (χ4v) is 2.85. The highest BCUT2D eigenvalue weighted by molar-refractivity contribution is 6.01. The number of hydrogen-bond donors (Lipinski definition) is 1. The minimum absolute atomic E-state index is 0.112. The zero-order chi connectivity index (χ0) is 17.6. The molecule has 0 aliphatic carbocycles. The Labute approximate surface area is 138 Å². The molecular weight excluding hydrogens is 333 g/mol. The van der Waals surface area contributed by atoms with Crippen molar-refractivity contribution in [2.75, 3.05) is 0 Å². The summed E-state index contributed by atoms with van der Waals surface area (Å²) in [5.41, 5.74) is 0.342. The minimum Gasteiger partial charge on any atom is -0.306 e. The first-order valence-corrected chi connectivity index (χ1v) is 7.42. The van der Waals surface area contributed by atoms with Crippen LogP contribution in [0.3, 0.4) is 0 Å². The van der Waals surface area contributed by atoms with E-state index in [-0.39, 0.29) is 12.1 Å². The predicted molar refractivity (Wildman–Crippen MR) is 86.2 cm³/mol. The largest absolute Gasteiger partial charge is 0.416 e. The van der Waals surface area contributed by atoms with Crippen molar-refractivity contribution in [1.82, 2.24) is 19.7 Å². The molecule has 0 saturated heterocycles. The summed E-state index contributed by atoms with van der Waals surface area (Å²) >= 11 is 0. The molecule has 0 spiro atoms. The number of nitrogens with one attached hydrogen (secondary N) is 1. The van der Waals surface area contributed by atoms with Gasteiger partial charge in [-0.1, -0.05) is 12.1 Å². The van der Waals surface area contributed by atoms with Crippen LogP contribution in [-0.2, 0) is 12.7 Å². The SMILES string of the molecule is O=c1[nH]c2ncccc2c2c1cnn2Cc1cccc(C(F)(F)F)c1. The van der Waals surface area contributed by atoms with Crippen LogP contribution in [0.4, 0.5) is 13.2 Å². The predicted octanol–water partition coefficient (Wildman–Crippen LogP) is 3.34. The van der Waals surface area contributed by atoms with E-state index < -0.39 is 11.7 Å². The first-order chi connectivity index (χ1) is 11.9. The van der Waals surface area contributed by atoms with Crippen LogP contribution in [0.1, 0.15) is 11.1 Å². The van der Waals surface area contributed by atoms with Crippen LogP contribution in [-0.4, -0.2) is 19.7 Å². The fourth-order valence-electron chi connectivity index (χ4n) is 2.85. The van der Waals surface area contributed by atoms with Gasteiger partial charge >= 0.3 is 6.18 Å². The van der Waals surface area contributed by atoms with Crippen molar-refractivity contribution in [2.24, 2.45) is 0 Å². The van der Waals surface area contributed by atoms with Crippen molar-refractivity contribution in [3.63, 3.8) is 0 Å². The van der Waals surface area contributed by atoms with Gasteiger partial charge in [0.1, 0.15) is 5.65 Å². The zero-order valence-electron chi connectivity index (χ0n) is 12.7. The number of halogens is 3. The molecule has 0 amide bonds. The molecule has 0 radical (unpaired) electrons. The highest BCUT2D eigenvalue weighted by Crippen LogP contribution is 2.30. The van der Waals surface area contributed by atoms with Gasteiger partial charge in [0.2, 0.25) is 0 Å². The molecule has 3 aromatic heterocycles. The number of aromatic nitrogens is 4. The smallest absolute Gasteiger partial charge is 0.306 e. The van der Waals surface area contributed by atoms with E-state index in [4.69, 9.17) is 0 Å². The molecule has 0 unspecified atom stereocenters. The number of pyridine rings is 2. The van der Waals surface area contributed by atoms with E-state index in [0.717, 1.165) is 12.1 Å². The maximum atomic E-state index is 12.9. The zero-order valence-corrected chi connectivity index (χ0v) is 12.7. The van der Waals surface area contributed by atoms with Crippen molar-refractivity contribution in [2.45, 2.75) is 12.7 Å². The van der Waals surface area contributed by atoms with E-state index in [2.05, 4.69) is 15.1 Å². The topological polar surface area (TPSA) is 63.6 Å².